The lowest BCUT2D eigenvalue weighted by atomic mass is 10.2. The first-order valence-electron chi connectivity index (χ1n) is 6.80. The molecule has 8 heteroatoms. The first-order valence-corrected chi connectivity index (χ1v) is 7.61. The average Bonchev–Trinajstić information content (AvgIpc) is 3.13. The average molecular weight is 332 g/mol. The summed E-state index contributed by atoms with van der Waals surface area (Å²) in [7, 11) is 1.56. The fraction of sp³-hybridized carbons (Fsp3) is 0.133. The number of benzene rings is 1. The van der Waals surface area contributed by atoms with E-state index in [4.69, 9.17) is 0 Å². The number of hydrogen-bond donors (Lipinski definition) is 3. The van der Waals surface area contributed by atoms with Gasteiger partial charge in [0.1, 0.15) is 11.5 Å². The Labute approximate surface area is 134 Å². The second kappa shape index (κ2) is 6.17. The van der Waals surface area contributed by atoms with Crippen LogP contribution in [0.1, 0.15) is 15.4 Å². The van der Waals surface area contributed by atoms with E-state index in [-0.39, 0.29) is 24.1 Å². The third-order valence-electron chi connectivity index (χ3n) is 3.22. The summed E-state index contributed by atoms with van der Waals surface area (Å²) in [5.41, 5.74) is 0.990. The highest BCUT2D eigenvalue weighted by Crippen LogP contribution is 2.21. The first-order chi connectivity index (χ1) is 11.0. The lowest BCUT2D eigenvalue weighted by Crippen LogP contribution is -2.19. The molecule has 0 bridgehead atoms. The maximum absolute atomic E-state index is 13.2. The minimum atomic E-state index is -0.373. The molecule has 3 aromatic rings. The van der Waals surface area contributed by atoms with Crippen LogP contribution in [0.4, 0.5) is 9.52 Å². The van der Waals surface area contributed by atoms with Gasteiger partial charge in [0, 0.05) is 29.0 Å². The van der Waals surface area contributed by atoms with Gasteiger partial charge in [-0.15, -0.1) is 11.3 Å². The van der Waals surface area contributed by atoms with Gasteiger partial charge in [-0.25, -0.2) is 9.37 Å². The van der Waals surface area contributed by atoms with Crippen molar-refractivity contribution in [2.45, 2.75) is 6.42 Å². The molecule has 0 saturated carbocycles. The van der Waals surface area contributed by atoms with E-state index >= 15 is 0 Å². The summed E-state index contributed by atoms with van der Waals surface area (Å²) in [6.07, 6.45) is 1.77. The number of hydrogen-bond acceptors (Lipinski definition) is 4. The van der Waals surface area contributed by atoms with E-state index in [1.165, 1.54) is 23.5 Å². The van der Waals surface area contributed by atoms with E-state index in [0.717, 1.165) is 4.88 Å². The first kappa shape index (κ1) is 15.2. The van der Waals surface area contributed by atoms with Gasteiger partial charge in [0.2, 0.25) is 5.91 Å². The Balaban J connectivity index is 1.74. The highest BCUT2D eigenvalue weighted by molar-refractivity contribution is 7.15. The van der Waals surface area contributed by atoms with Crippen molar-refractivity contribution in [2.24, 2.45) is 0 Å². The third kappa shape index (κ3) is 3.37. The second-order valence-electron chi connectivity index (χ2n) is 4.85. The summed E-state index contributed by atoms with van der Waals surface area (Å²) in [5, 5.41) is 6.20. The van der Waals surface area contributed by atoms with Crippen LogP contribution in [0, 0.1) is 5.82 Å². The molecule has 0 spiro atoms. The number of nitrogens with one attached hydrogen (secondary N) is 3. The van der Waals surface area contributed by atoms with E-state index in [1.54, 1.807) is 25.4 Å². The molecule has 0 atom stereocenters. The smallest absolute Gasteiger partial charge is 0.273 e. The quantitative estimate of drug-likeness (QED) is 0.685. The Kier molecular flexibility index (Phi) is 4.07. The van der Waals surface area contributed by atoms with Crippen molar-refractivity contribution in [1.82, 2.24) is 15.3 Å². The summed E-state index contributed by atoms with van der Waals surface area (Å²) >= 11 is 1.23. The minimum absolute atomic E-state index is 0.121. The zero-order chi connectivity index (χ0) is 16.4. The Morgan fingerprint density at radius 1 is 1.35 bits per heavy atom. The highest BCUT2D eigenvalue weighted by Gasteiger charge is 2.13. The van der Waals surface area contributed by atoms with Crippen molar-refractivity contribution in [2.75, 3.05) is 12.4 Å². The van der Waals surface area contributed by atoms with Crippen LogP contribution in [0.25, 0.3) is 10.9 Å². The van der Waals surface area contributed by atoms with Crippen LogP contribution < -0.4 is 10.6 Å². The number of nitrogens with zero attached hydrogens (tertiary/aromatic N) is 1. The fourth-order valence-electron chi connectivity index (χ4n) is 2.08. The maximum atomic E-state index is 13.2. The molecule has 3 N–H and O–H groups in total. The Hall–Kier alpha value is -2.74. The molecule has 0 aliphatic heterocycles. The van der Waals surface area contributed by atoms with E-state index in [2.05, 4.69) is 20.6 Å². The zero-order valence-electron chi connectivity index (χ0n) is 12.1. The SMILES string of the molecule is CNC(=O)Cc1cnc(NC(=O)c2cc3cc(F)ccc3[nH]2)s1. The number of H-pyrrole nitrogens is 1. The van der Waals surface area contributed by atoms with Gasteiger partial charge in [0.15, 0.2) is 5.13 Å². The summed E-state index contributed by atoms with van der Waals surface area (Å²) in [6.45, 7) is 0. The van der Waals surface area contributed by atoms with Gasteiger partial charge < -0.3 is 10.3 Å². The molecule has 1 aromatic carbocycles. The Morgan fingerprint density at radius 3 is 2.96 bits per heavy atom. The van der Waals surface area contributed by atoms with Gasteiger partial charge in [-0.1, -0.05) is 0 Å². The van der Waals surface area contributed by atoms with E-state index in [9.17, 15) is 14.0 Å². The molecular weight excluding hydrogens is 319 g/mol. The number of carbonyl (C=O) groups excluding carboxylic acids is 2. The van der Waals surface area contributed by atoms with Crippen molar-refractivity contribution in [3.63, 3.8) is 0 Å². The van der Waals surface area contributed by atoms with Crippen molar-refractivity contribution in [3.05, 3.63) is 46.9 Å². The summed E-state index contributed by atoms with van der Waals surface area (Å²) in [6, 6.07) is 5.83. The molecule has 2 heterocycles. The minimum Gasteiger partial charge on any atom is -0.359 e. The van der Waals surface area contributed by atoms with E-state index in [1.807, 2.05) is 0 Å². The van der Waals surface area contributed by atoms with Crippen LogP contribution in [0.2, 0.25) is 0 Å². The van der Waals surface area contributed by atoms with Gasteiger partial charge in [-0.2, -0.15) is 0 Å². The number of aromatic amines is 1. The molecule has 0 unspecified atom stereocenters. The second-order valence-corrected chi connectivity index (χ2v) is 5.97. The van der Waals surface area contributed by atoms with Gasteiger partial charge in [-0.05, 0) is 24.3 Å². The molecule has 3 rings (SSSR count). The van der Waals surface area contributed by atoms with Gasteiger partial charge >= 0.3 is 0 Å². The van der Waals surface area contributed by atoms with Gasteiger partial charge in [-0.3, -0.25) is 14.9 Å². The predicted molar refractivity (Wildman–Crippen MR) is 86.1 cm³/mol. The van der Waals surface area contributed by atoms with Crippen LogP contribution in [0.3, 0.4) is 0 Å². The third-order valence-corrected chi connectivity index (χ3v) is 4.13. The number of rotatable bonds is 4. The zero-order valence-corrected chi connectivity index (χ0v) is 13.0. The lowest BCUT2D eigenvalue weighted by molar-refractivity contribution is -0.119. The molecule has 0 aliphatic carbocycles. The molecule has 0 saturated heterocycles. The summed E-state index contributed by atoms with van der Waals surface area (Å²) < 4.78 is 13.2. The van der Waals surface area contributed by atoms with Crippen LogP contribution in [-0.2, 0) is 11.2 Å². The van der Waals surface area contributed by atoms with Crippen molar-refractivity contribution < 1.29 is 14.0 Å². The number of thiazole rings is 1. The number of halogens is 1. The number of fused-ring (bicyclic) bond motifs is 1. The van der Waals surface area contributed by atoms with Crippen LogP contribution in [-0.4, -0.2) is 28.8 Å². The van der Waals surface area contributed by atoms with Crippen molar-refractivity contribution >= 4 is 39.2 Å². The molecule has 0 aliphatic rings. The molecule has 0 radical (unpaired) electrons. The molecule has 2 amide bonds. The standard InChI is InChI=1S/C15H13FN4O2S/c1-17-13(21)6-10-7-18-15(23-10)20-14(22)12-5-8-4-9(16)2-3-11(8)19-12/h2-5,7,19H,6H2,1H3,(H,17,21)(H,18,20,22). The summed E-state index contributed by atoms with van der Waals surface area (Å²) in [5.74, 6) is -0.853. The molecule has 2 aromatic heterocycles. The number of aromatic nitrogens is 2. The Bertz CT molecular complexity index is 887. The largest absolute Gasteiger partial charge is 0.359 e. The Morgan fingerprint density at radius 2 is 2.17 bits per heavy atom. The normalized spacial score (nSPS) is 10.7. The van der Waals surface area contributed by atoms with Crippen molar-refractivity contribution in [1.29, 1.82) is 0 Å². The number of amides is 2. The topological polar surface area (TPSA) is 86.9 Å². The number of carbonyl (C=O) groups is 2. The van der Waals surface area contributed by atoms with Gasteiger partial charge in [0.05, 0.1) is 6.42 Å². The molecule has 118 valence electrons. The van der Waals surface area contributed by atoms with Crippen molar-refractivity contribution in [3.8, 4) is 0 Å². The van der Waals surface area contributed by atoms with Crippen LogP contribution >= 0.6 is 11.3 Å². The highest BCUT2D eigenvalue weighted by atomic mass is 32.1. The molecular formula is C15H13FN4O2S. The predicted octanol–water partition coefficient (Wildman–Crippen LogP) is 2.30. The van der Waals surface area contributed by atoms with E-state index < -0.39 is 0 Å². The number of likely N-dealkylation sites (N-methyl/N-ethyl adjacent to an activating group) is 1. The lowest BCUT2D eigenvalue weighted by Gasteiger charge is -1.98. The molecule has 0 fully saturated rings. The molecule has 23 heavy (non-hydrogen) atoms. The molecule has 6 nitrogen and oxygen atoms in total. The summed E-state index contributed by atoms with van der Waals surface area (Å²) in [4.78, 5) is 31.3. The van der Waals surface area contributed by atoms with Gasteiger partial charge in [0.25, 0.3) is 5.91 Å². The monoisotopic (exact) mass is 332 g/mol. The number of anilines is 1. The van der Waals surface area contributed by atoms with Crippen LogP contribution in [0.5, 0.6) is 0 Å². The fourth-order valence-corrected chi connectivity index (χ4v) is 2.89. The van der Waals surface area contributed by atoms with E-state index in [0.29, 0.717) is 21.7 Å². The van der Waals surface area contributed by atoms with Crippen LogP contribution in [0.15, 0.2) is 30.5 Å². The maximum Gasteiger partial charge on any atom is 0.273 e.